The molecular formula is C13H14N2O2S. The van der Waals surface area contributed by atoms with Crippen LogP contribution >= 0.6 is 11.3 Å². The molecule has 1 amide bonds. The number of thiazole rings is 1. The molecule has 2 aromatic rings. The van der Waals surface area contributed by atoms with Gasteiger partial charge in [-0.3, -0.25) is 5.32 Å². The molecule has 0 aliphatic heterocycles. The number of amides is 1. The minimum atomic E-state index is -0.435. The molecule has 18 heavy (non-hydrogen) atoms. The summed E-state index contributed by atoms with van der Waals surface area (Å²) in [6.07, 6.45) is -0.435. The van der Waals surface area contributed by atoms with Gasteiger partial charge in [0.2, 0.25) is 0 Å². The topological polar surface area (TPSA) is 51.2 Å². The van der Waals surface area contributed by atoms with Crippen LogP contribution in [0.4, 0.5) is 10.5 Å². The van der Waals surface area contributed by atoms with Crippen molar-refractivity contribution in [3.05, 3.63) is 34.7 Å². The van der Waals surface area contributed by atoms with Crippen molar-refractivity contribution < 1.29 is 9.53 Å². The molecule has 1 N–H and O–H groups in total. The summed E-state index contributed by atoms with van der Waals surface area (Å²) in [5.41, 5.74) is 2.71. The van der Waals surface area contributed by atoms with Crippen LogP contribution in [-0.4, -0.2) is 17.7 Å². The number of carbonyl (C=O) groups excluding carboxylic acids is 1. The van der Waals surface area contributed by atoms with Crippen molar-refractivity contribution in [2.75, 3.05) is 11.9 Å². The first kappa shape index (κ1) is 12.6. The van der Waals surface area contributed by atoms with E-state index >= 15 is 0 Å². The van der Waals surface area contributed by atoms with Gasteiger partial charge in [-0.1, -0.05) is 12.1 Å². The van der Waals surface area contributed by atoms with Gasteiger partial charge in [0, 0.05) is 16.6 Å². The second-order valence-corrected chi connectivity index (χ2v) is 4.74. The molecule has 0 saturated carbocycles. The third kappa shape index (κ3) is 3.07. The van der Waals surface area contributed by atoms with Gasteiger partial charge in [0.15, 0.2) is 0 Å². The van der Waals surface area contributed by atoms with E-state index in [2.05, 4.69) is 10.3 Å². The summed E-state index contributed by atoms with van der Waals surface area (Å²) in [6.45, 7) is 4.11. The van der Waals surface area contributed by atoms with Crippen molar-refractivity contribution in [1.82, 2.24) is 4.98 Å². The average Bonchev–Trinajstić information content (AvgIpc) is 2.77. The maximum atomic E-state index is 11.2. The van der Waals surface area contributed by atoms with Crippen molar-refractivity contribution in [1.29, 1.82) is 0 Å². The first-order valence-electron chi connectivity index (χ1n) is 5.65. The van der Waals surface area contributed by atoms with Crippen LogP contribution in [0.25, 0.3) is 11.3 Å². The predicted octanol–water partition coefficient (Wildman–Crippen LogP) is 3.69. The Morgan fingerprint density at radius 2 is 2.11 bits per heavy atom. The highest BCUT2D eigenvalue weighted by molar-refractivity contribution is 7.09. The molecular weight excluding hydrogens is 248 g/mol. The molecule has 0 unspecified atom stereocenters. The summed E-state index contributed by atoms with van der Waals surface area (Å²) in [5.74, 6) is 0. The number of carbonyl (C=O) groups is 1. The highest BCUT2D eigenvalue weighted by Gasteiger charge is 2.04. The van der Waals surface area contributed by atoms with E-state index in [4.69, 9.17) is 4.74 Å². The highest BCUT2D eigenvalue weighted by atomic mass is 32.1. The summed E-state index contributed by atoms with van der Waals surface area (Å²) >= 11 is 1.62. The molecule has 1 aromatic heterocycles. The number of hydrogen-bond donors (Lipinski definition) is 1. The fourth-order valence-electron chi connectivity index (χ4n) is 1.51. The molecule has 0 aliphatic carbocycles. The van der Waals surface area contributed by atoms with Gasteiger partial charge in [0.25, 0.3) is 0 Å². The zero-order valence-electron chi connectivity index (χ0n) is 10.3. The van der Waals surface area contributed by atoms with E-state index in [1.54, 1.807) is 18.3 Å². The molecule has 1 aromatic carbocycles. The SMILES string of the molecule is CCOC(=O)Nc1ccc(-c2csc(C)n2)cc1. The summed E-state index contributed by atoms with van der Waals surface area (Å²) in [4.78, 5) is 15.6. The lowest BCUT2D eigenvalue weighted by atomic mass is 10.1. The number of nitrogens with zero attached hydrogens (tertiary/aromatic N) is 1. The Hall–Kier alpha value is -1.88. The molecule has 0 saturated heterocycles. The fourth-order valence-corrected chi connectivity index (χ4v) is 2.13. The van der Waals surface area contributed by atoms with Crippen LogP contribution in [-0.2, 0) is 4.74 Å². The quantitative estimate of drug-likeness (QED) is 0.917. The Kier molecular flexibility index (Phi) is 3.94. The van der Waals surface area contributed by atoms with Gasteiger partial charge >= 0.3 is 6.09 Å². The van der Waals surface area contributed by atoms with Gasteiger partial charge in [0.1, 0.15) is 0 Å². The van der Waals surface area contributed by atoms with Gasteiger partial charge in [-0.15, -0.1) is 11.3 Å². The van der Waals surface area contributed by atoms with E-state index in [9.17, 15) is 4.79 Å². The lowest BCUT2D eigenvalue weighted by Crippen LogP contribution is -2.12. The van der Waals surface area contributed by atoms with Crippen LogP contribution in [0.5, 0.6) is 0 Å². The highest BCUT2D eigenvalue weighted by Crippen LogP contribution is 2.23. The molecule has 0 fully saturated rings. The number of rotatable bonds is 3. The third-order valence-electron chi connectivity index (χ3n) is 2.32. The molecule has 5 heteroatoms. The normalized spacial score (nSPS) is 10.1. The van der Waals surface area contributed by atoms with Crippen LogP contribution < -0.4 is 5.32 Å². The molecule has 0 atom stereocenters. The Labute approximate surface area is 110 Å². The summed E-state index contributed by atoms with van der Waals surface area (Å²) in [6, 6.07) is 7.52. The van der Waals surface area contributed by atoms with Crippen LogP contribution in [0.1, 0.15) is 11.9 Å². The largest absolute Gasteiger partial charge is 0.450 e. The second kappa shape index (κ2) is 5.64. The molecule has 1 heterocycles. The maximum absolute atomic E-state index is 11.2. The standard InChI is InChI=1S/C13H14N2O2S/c1-3-17-13(16)15-11-6-4-10(5-7-11)12-8-18-9(2)14-12/h4-8H,3H2,1-2H3,(H,15,16). The average molecular weight is 262 g/mol. The molecule has 4 nitrogen and oxygen atoms in total. The number of anilines is 1. The van der Waals surface area contributed by atoms with Gasteiger partial charge < -0.3 is 4.74 Å². The Bertz CT molecular complexity index is 534. The second-order valence-electron chi connectivity index (χ2n) is 3.67. The first-order valence-corrected chi connectivity index (χ1v) is 6.53. The predicted molar refractivity (Wildman–Crippen MR) is 72.9 cm³/mol. The van der Waals surface area contributed by atoms with Gasteiger partial charge in [-0.2, -0.15) is 0 Å². The Morgan fingerprint density at radius 1 is 1.39 bits per heavy atom. The molecule has 0 radical (unpaired) electrons. The Balaban J connectivity index is 2.08. The summed E-state index contributed by atoms with van der Waals surface area (Å²) in [7, 11) is 0. The number of benzene rings is 1. The van der Waals surface area contributed by atoms with E-state index in [0.29, 0.717) is 12.3 Å². The van der Waals surface area contributed by atoms with Crippen LogP contribution in [0.3, 0.4) is 0 Å². The van der Waals surface area contributed by atoms with E-state index in [1.807, 2.05) is 36.6 Å². The van der Waals surface area contributed by atoms with Gasteiger partial charge in [-0.05, 0) is 26.0 Å². The van der Waals surface area contributed by atoms with E-state index in [-0.39, 0.29) is 0 Å². The van der Waals surface area contributed by atoms with Gasteiger partial charge in [0.05, 0.1) is 17.3 Å². The zero-order chi connectivity index (χ0) is 13.0. The van der Waals surface area contributed by atoms with Crippen molar-refractivity contribution >= 4 is 23.1 Å². The van der Waals surface area contributed by atoms with Crippen molar-refractivity contribution in [2.24, 2.45) is 0 Å². The van der Waals surface area contributed by atoms with Crippen LogP contribution in [0.2, 0.25) is 0 Å². The number of hydrogen-bond acceptors (Lipinski definition) is 4. The van der Waals surface area contributed by atoms with E-state index in [1.165, 1.54) is 0 Å². The number of aryl methyl sites for hydroxylation is 1. The lowest BCUT2D eigenvalue weighted by Gasteiger charge is -2.05. The van der Waals surface area contributed by atoms with Crippen LogP contribution in [0, 0.1) is 6.92 Å². The van der Waals surface area contributed by atoms with Crippen molar-refractivity contribution in [3.63, 3.8) is 0 Å². The van der Waals surface area contributed by atoms with Crippen molar-refractivity contribution in [3.8, 4) is 11.3 Å². The smallest absolute Gasteiger partial charge is 0.411 e. The maximum Gasteiger partial charge on any atom is 0.411 e. The minimum Gasteiger partial charge on any atom is -0.450 e. The molecule has 0 spiro atoms. The monoisotopic (exact) mass is 262 g/mol. The molecule has 2 rings (SSSR count). The third-order valence-corrected chi connectivity index (χ3v) is 3.10. The fraction of sp³-hybridized carbons (Fsp3) is 0.231. The molecule has 0 bridgehead atoms. The first-order chi connectivity index (χ1) is 8.69. The minimum absolute atomic E-state index is 0.363. The number of nitrogens with one attached hydrogen (secondary N) is 1. The lowest BCUT2D eigenvalue weighted by molar-refractivity contribution is 0.168. The molecule has 0 aliphatic rings. The van der Waals surface area contributed by atoms with E-state index in [0.717, 1.165) is 16.3 Å². The molecule has 94 valence electrons. The summed E-state index contributed by atoms with van der Waals surface area (Å²) < 4.78 is 4.80. The van der Waals surface area contributed by atoms with E-state index < -0.39 is 6.09 Å². The Morgan fingerprint density at radius 3 is 2.67 bits per heavy atom. The van der Waals surface area contributed by atoms with Gasteiger partial charge in [-0.25, -0.2) is 9.78 Å². The summed E-state index contributed by atoms with van der Waals surface area (Å²) in [5, 5.41) is 5.71. The zero-order valence-corrected chi connectivity index (χ0v) is 11.1. The van der Waals surface area contributed by atoms with Crippen LogP contribution in [0.15, 0.2) is 29.6 Å². The number of ether oxygens (including phenoxy) is 1. The number of aromatic nitrogens is 1. The van der Waals surface area contributed by atoms with Crippen molar-refractivity contribution in [2.45, 2.75) is 13.8 Å².